The highest BCUT2D eigenvalue weighted by atomic mass is 32.2. The summed E-state index contributed by atoms with van der Waals surface area (Å²) in [7, 11) is 0. The fourth-order valence-electron chi connectivity index (χ4n) is 3.14. The number of hydrogen-bond acceptors (Lipinski definition) is 4. The number of non-ortho nitro benzene ring substituents is 1. The van der Waals surface area contributed by atoms with Crippen molar-refractivity contribution >= 4 is 17.4 Å². The maximum absolute atomic E-state index is 10.8. The summed E-state index contributed by atoms with van der Waals surface area (Å²) in [5.74, 6) is 0. The first-order chi connectivity index (χ1) is 11.7. The van der Waals surface area contributed by atoms with Crippen LogP contribution in [0.5, 0.6) is 0 Å². The highest BCUT2D eigenvalue weighted by Crippen LogP contribution is 2.34. The van der Waals surface area contributed by atoms with Crippen LogP contribution in [0.15, 0.2) is 59.5 Å². The molecule has 0 unspecified atom stereocenters. The minimum atomic E-state index is -0.348. The summed E-state index contributed by atoms with van der Waals surface area (Å²) < 4.78 is 0. The second kappa shape index (κ2) is 8.31. The molecule has 0 aliphatic heterocycles. The monoisotopic (exact) mass is 342 g/mol. The number of nitrogens with one attached hydrogen (secondary N) is 1. The third-order valence-electron chi connectivity index (χ3n) is 4.45. The van der Waals surface area contributed by atoms with E-state index in [2.05, 4.69) is 29.6 Å². The van der Waals surface area contributed by atoms with E-state index >= 15 is 0 Å². The van der Waals surface area contributed by atoms with Gasteiger partial charge in [0, 0.05) is 34.9 Å². The molecule has 0 radical (unpaired) electrons. The zero-order valence-electron chi connectivity index (χ0n) is 13.6. The van der Waals surface area contributed by atoms with Gasteiger partial charge in [-0.05, 0) is 30.5 Å². The number of hydrogen-bond donors (Lipinski definition) is 1. The van der Waals surface area contributed by atoms with E-state index in [-0.39, 0.29) is 10.6 Å². The van der Waals surface area contributed by atoms with Crippen LogP contribution in [0, 0.1) is 10.1 Å². The van der Waals surface area contributed by atoms with E-state index in [9.17, 15) is 10.1 Å². The van der Waals surface area contributed by atoms with Crippen LogP contribution in [0.3, 0.4) is 0 Å². The lowest BCUT2D eigenvalue weighted by molar-refractivity contribution is -0.384. The molecule has 1 N–H and O–H groups in total. The van der Waals surface area contributed by atoms with E-state index in [0.29, 0.717) is 11.3 Å². The zero-order valence-corrected chi connectivity index (χ0v) is 14.4. The van der Waals surface area contributed by atoms with Crippen LogP contribution in [0.2, 0.25) is 0 Å². The fourth-order valence-corrected chi connectivity index (χ4v) is 4.46. The maximum atomic E-state index is 10.8. The first-order valence-corrected chi connectivity index (χ1v) is 9.29. The summed E-state index contributed by atoms with van der Waals surface area (Å²) >= 11 is 1.84. The van der Waals surface area contributed by atoms with E-state index in [1.807, 2.05) is 30.0 Å². The Morgan fingerprint density at radius 2 is 1.75 bits per heavy atom. The molecular formula is C19H22N2O2S. The van der Waals surface area contributed by atoms with Gasteiger partial charge in [-0.2, -0.15) is 0 Å². The lowest BCUT2D eigenvalue weighted by atomic mass is 9.94. The standard InChI is InChI=1S/C19H22N2O2S/c22-21(23)16-10-12-17(13-11-16)24-19-9-5-4-8-18(19)20-14-15-6-2-1-3-7-15/h1-3,6-7,10-13,18-20H,4-5,8-9,14H2/t18-,19-/m1/s1. The van der Waals surface area contributed by atoms with E-state index in [0.717, 1.165) is 11.4 Å². The third-order valence-corrected chi connectivity index (χ3v) is 5.86. The molecule has 2 aromatic carbocycles. The van der Waals surface area contributed by atoms with Crippen LogP contribution in [0.4, 0.5) is 5.69 Å². The molecule has 0 aromatic heterocycles. The van der Waals surface area contributed by atoms with Crippen molar-refractivity contribution in [2.45, 2.75) is 48.4 Å². The molecule has 4 nitrogen and oxygen atoms in total. The van der Waals surface area contributed by atoms with Crippen LogP contribution in [-0.2, 0) is 6.54 Å². The van der Waals surface area contributed by atoms with Crippen molar-refractivity contribution in [2.24, 2.45) is 0 Å². The Kier molecular flexibility index (Phi) is 5.88. The quantitative estimate of drug-likeness (QED) is 0.606. The van der Waals surface area contributed by atoms with E-state index in [4.69, 9.17) is 0 Å². The van der Waals surface area contributed by atoms with Gasteiger partial charge in [0.2, 0.25) is 0 Å². The van der Waals surface area contributed by atoms with Gasteiger partial charge < -0.3 is 5.32 Å². The molecule has 2 aromatic rings. The molecule has 0 spiro atoms. The molecule has 24 heavy (non-hydrogen) atoms. The average molecular weight is 342 g/mol. The molecule has 1 aliphatic carbocycles. The Labute approximate surface area is 146 Å². The second-order valence-electron chi connectivity index (χ2n) is 6.16. The molecule has 1 saturated carbocycles. The maximum Gasteiger partial charge on any atom is 0.269 e. The molecule has 1 fully saturated rings. The van der Waals surface area contributed by atoms with Crippen LogP contribution < -0.4 is 5.32 Å². The molecule has 5 heteroatoms. The van der Waals surface area contributed by atoms with Gasteiger partial charge in [-0.25, -0.2) is 0 Å². The Bertz CT molecular complexity index is 661. The minimum absolute atomic E-state index is 0.154. The van der Waals surface area contributed by atoms with Crippen molar-refractivity contribution in [2.75, 3.05) is 0 Å². The van der Waals surface area contributed by atoms with E-state index < -0.39 is 0 Å². The Balaban J connectivity index is 1.60. The molecule has 0 bridgehead atoms. The second-order valence-corrected chi connectivity index (χ2v) is 7.48. The average Bonchev–Trinajstić information content (AvgIpc) is 2.62. The lowest BCUT2D eigenvalue weighted by Gasteiger charge is -2.32. The van der Waals surface area contributed by atoms with Crippen molar-refractivity contribution in [3.8, 4) is 0 Å². The summed E-state index contributed by atoms with van der Waals surface area (Å²) in [4.78, 5) is 11.5. The Morgan fingerprint density at radius 3 is 2.46 bits per heavy atom. The van der Waals surface area contributed by atoms with Gasteiger partial charge in [-0.1, -0.05) is 43.2 Å². The molecule has 3 rings (SSSR count). The van der Waals surface area contributed by atoms with Crippen LogP contribution >= 0.6 is 11.8 Å². The first-order valence-electron chi connectivity index (χ1n) is 8.41. The van der Waals surface area contributed by atoms with Gasteiger partial charge in [-0.3, -0.25) is 10.1 Å². The molecule has 1 aliphatic rings. The predicted molar refractivity (Wildman–Crippen MR) is 98.3 cm³/mol. The highest BCUT2D eigenvalue weighted by molar-refractivity contribution is 8.00. The molecule has 0 heterocycles. The molecular weight excluding hydrogens is 320 g/mol. The third kappa shape index (κ3) is 4.58. The number of rotatable bonds is 6. The number of thioether (sulfide) groups is 1. The van der Waals surface area contributed by atoms with Crippen LogP contribution in [0.1, 0.15) is 31.2 Å². The van der Waals surface area contributed by atoms with Crippen LogP contribution in [0.25, 0.3) is 0 Å². The van der Waals surface area contributed by atoms with Crippen molar-refractivity contribution in [3.63, 3.8) is 0 Å². The number of nitro benzene ring substituents is 1. The molecule has 0 amide bonds. The van der Waals surface area contributed by atoms with E-state index in [1.54, 1.807) is 12.1 Å². The summed E-state index contributed by atoms with van der Waals surface area (Å²) in [5, 5.41) is 15.0. The van der Waals surface area contributed by atoms with Gasteiger partial charge >= 0.3 is 0 Å². The Morgan fingerprint density at radius 1 is 1.04 bits per heavy atom. The normalized spacial score (nSPS) is 20.7. The largest absolute Gasteiger partial charge is 0.309 e. The molecule has 2 atom stereocenters. The van der Waals surface area contributed by atoms with Gasteiger partial charge in [0.15, 0.2) is 0 Å². The summed E-state index contributed by atoms with van der Waals surface area (Å²) in [6.07, 6.45) is 4.91. The number of nitro groups is 1. The van der Waals surface area contributed by atoms with Crippen LogP contribution in [-0.4, -0.2) is 16.2 Å². The van der Waals surface area contributed by atoms with Gasteiger partial charge in [0.1, 0.15) is 0 Å². The van der Waals surface area contributed by atoms with Crippen molar-refractivity contribution < 1.29 is 4.92 Å². The van der Waals surface area contributed by atoms with Crippen molar-refractivity contribution in [1.29, 1.82) is 0 Å². The predicted octanol–water partition coefficient (Wildman–Crippen LogP) is 4.79. The van der Waals surface area contributed by atoms with Gasteiger partial charge in [0.25, 0.3) is 5.69 Å². The van der Waals surface area contributed by atoms with E-state index in [1.165, 1.54) is 31.2 Å². The first kappa shape index (κ1) is 17.0. The summed E-state index contributed by atoms with van der Waals surface area (Å²) in [6.45, 7) is 0.892. The summed E-state index contributed by atoms with van der Waals surface area (Å²) in [5.41, 5.74) is 1.46. The lowest BCUT2D eigenvalue weighted by Crippen LogP contribution is -2.40. The van der Waals surface area contributed by atoms with Gasteiger partial charge in [0.05, 0.1) is 4.92 Å². The smallest absolute Gasteiger partial charge is 0.269 e. The molecule has 126 valence electrons. The van der Waals surface area contributed by atoms with Crippen molar-refractivity contribution in [3.05, 3.63) is 70.3 Å². The van der Waals surface area contributed by atoms with Gasteiger partial charge in [-0.15, -0.1) is 11.8 Å². The fraction of sp³-hybridized carbons (Fsp3) is 0.368. The zero-order chi connectivity index (χ0) is 16.8. The molecule has 0 saturated heterocycles. The number of benzene rings is 2. The number of nitrogens with zero attached hydrogens (tertiary/aromatic N) is 1. The SMILES string of the molecule is O=[N+]([O-])c1ccc(S[C@@H]2CCCC[C@H]2NCc2ccccc2)cc1. The topological polar surface area (TPSA) is 55.2 Å². The minimum Gasteiger partial charge on any atom is -0.309 e. The summed E-state index contributed by atoms with van der Waals surface area (Å²) in [6, 6.07) is 17.9. The van der Waals surface area contributed by atoms with Crippen molar-refractivity contribution in [1.82, 2.24) is 5.32 Å². The highest BCUT2D eigenvalue weighted by Gasteiger charge is 2.25. The Hall–Kier alpha value is -1.85.